The molecule has 19 heavy (non-hydrogen) atoms. The van der Waals surface area contributed by atoms with Gasteiger partial charge >= 0.3 is 5.97 Å². The fourth-order valence-corrected chi connectivity index (χ4v) is 2.32. The SMILES string of the molecule is C=CC(=O)OCCCCOC1CCC(C(C)=O)CC1. The maximum atomic E-state index is 11.2. The predicted molar refractivity (Wildman–Crippen MR) is 72.8 cm³/mol. The van der Waals surface area contributed by atoms with E-state index in [1.54, 1.807) is 6.92 Å². The average molecular weight is 268 g/mol. The smallest absolute Gasteiger partial charge is 0.330 e. The number of ketones is 1. The van der Waals surface area contributed by atoms with Crippen molar-refractivity contribution in [3.63, 3.8) is 0 Å². The van der Waals surface area contributed by atoms with Gasteiger partial charge in [-0.2, -0.15) is 0 Å². The molecule has 0 unspecified atom stereocenters. The van der Waals surface area contributed by atoms with Gasteiger partial charge in [0.25, 0.3) is 0 Å². The molecule has 1 saturated carbocycles. The Bertz CT molecular complexity index is 303. The van der Waals surface area contributed by atoms with Crippen LogP contribution < -0.4 is 0 Å². The fraction of sp³-hybridized carbons (Fsp3) is 0.733. The Hall–Kier alpha value is -1.16. The number of esters is 1. The van der Waals surface area contributed by atoms with E-state index in [0.29, 0.717) is 25.1 Å². The van der Waals surface area contributed by atoms with Gasteiger partial charge in [-0.1, -0.05) is 6.58 Å². The molecule has 0 N–H and O–H groups in total. The maximum absolute atomic E-state index is 11.2. The topological polar surface area (TPSA) is 52.6 Å². The number of rotatable bonds is 8. The molecule has 1 rings (SSSR count). The van der Waals surface area contributed by atoms with E-state index in [1.165, 1.54) is 6.08 Å². The van der Waals surface area contributed by atoms with Gasteiger partial charge in [-0.05, 0) is 45.4 Å². The predicted octanol–water partition coefficient (Wildman–Crippen LogP) is 2.66. The second kappa shape index (κ2) is 8.86. The molecular formula is C15H24O4. The quantitative estimate of drug-likeness (QED) is 0.386. The van der Waals surface area contributed by atoms with Crippen molar-refractivity contribution in [3.8, 4) is 0 Å². The van der Waals surface area contributed by atoms with Crippen molar-refractivity contribution in [2.45, 2.75) is 51.6 Å². The molecule has 0 aromatic carbocycles. The van der Waals surface area contributed by atoms with E-state index in [2.05, 4.69) is 6.58 Å². The van der Waals surface area contributed by atoms with Crippen LogP contribution in [0.2, 0.25) is 0 Å². The minimum atomic E-state index is -0.372. The Labute approximate surface area is 115 Å². The molecule has 0 atom stereocenters. The maximum Gasteiger partial charge on any atom is 0.330 e. The van der Waals surface area contributed by atoms with Gasteiger partial charge in [-0.15, -0.1) is 0 Å². The molecule has 0 bridgehead atoms. The highest BCUT2D eigenvalue weighted by molar-refractivity contribution is 5.81. The van der Waals surface area contributed by atoms with Crippen molar-refractivity contribution in [2.24, 2.45) is 5.92 Å². The number of hydrogen-bond acceptors (Lipinski definition) is 4. The van der Waals surface area contributed by atoms with Gasteiger partial charge in [0.05, 0.1) is 12.7 Å². The lowest BCUT2D eigenvalue weighted by Gasteiger charge is -2.27. The van der Waals surface area contributed by atoms with Crippen LogP contribution in [0.5, 0.6) is 0 Å². The fourth-order valence-electron chi connectivity index (χ4n) is 2.32. The van der Waals surface area contributed by atoms with Crippen LogP contribution in [0.1, 0.15) is 45.4 Å². The Morgan fingerprint density at radius 1 is 1.16 bits per heavy atom. The van der Waals surface area contributed by atoms with Crippen LogP contribution in [0, 0.1) is 5.92 Å². The van der Waals surface area contributed by atoms with Crippen LogP contribution in [-0.4, -0.2) is 31.1 Å². The molecular weight excluding hydrogens is 244 g/mol. The number of carbonyl (C=O) groups excluding carboxylic acids is 2. The number of carbonyl (C=O) groups is 2. The lowest BCUT2D eigenvalue weighted by molar-refractivity contribution is -0.138. The van der Waals surface area contributed by atoms with E-state index < -0.39 is 0 Å². The first-order valence-electron chi connectivity index (χ1n) is 7.04. The second-order valence-electron chi connectivity index (χ2n) is 5.03. The Morgan fingerprint density at radius 2 is 1.79 bits per heavy atom. The molecule has 1 aliphatic rings. The minimum Gasteiger partial charge on any atom is -0.463 e. The summed E-state index contributed by atoms with van der Waals surface area (Å²) < 4.78 is 10.6. The molecule has 4 heteroatoms. The molecule has 4 nitrogen and oxygen atoms in total. The van der Waals surface area contributed by atoms with Crippen LogP contribution in [0.3, 0.4) is 0 Å². The first-order valence-corrected chi connectivity index (χ1v) is 7.04. The summed E-state index contributed by atoms with van der Waals surface area (Å²) >= 11 is 0. The van der Waals surface area contributed by atoms with E-state index in [9.17, 15) is 9.59 Å². The van der Waals surface area contributed by atoms with Crippen molar-refractivity contribution < 1.29 is 19.1 Å². The highest BCUT2D eigenvalue weighted by Crippen LogP contribution is 2.26. The molecule has 108 valence electrons. The summed E-state index contributed by atoms with van der Waals surface area (Å²) in [6.45, 7) is 6.13. The molecule has 0 aromatic heterocycles. The second-order valence-corrected chi connectivity index (χ2v) is 5.03. The van der Waals surface area contributed by atoms with Gasteiger partial charge in [-0.25, -0.2) is 4.79 Å². The zero-order valence-electron chi connectivity index (χ0n) is 11.7. The summed E-state index contributed by atoms with van der Waals surface area (Å²) in [6, 6.07) is 0. The third kappa shape index (κ3) is 6.53. The Kier molecular flexibility index (Phi) is 7.41. The zero-order valence-corrected chi connectivity index (χ0v) is 11.7. The van der Waals surface area contributed by atoms with Crippen LogP contribution in [0.15, 0.2) is 12.7 Å². The van der Waals surface area contributed by atoms with Crippen LogP contribution in [0.4, 0.5) is 0 Å². The molecule has 1 fully saturated rings. The van der Waals surface area contributed by atoms with E-state index in [4.69, 9.17) is 9.47 Å². The summed E-state index contributed by atoms with van der Waals surface area (Å²) in [7, 11) is 0. The summed E-state index contributed by atoms with van der Waals surface area (Å²) in [6.07, 6.45) is 7.04. The van der Waals surface area contributed by atoms with E-state index >= 15 is 0 Å². The standard InChI is InChI=1S/C15H24O4/c1-3-15(17)19-11-5-4-10-18-14-8-6-13(7-9-14)12(2)16/h3,13-14H,1,4-11H2,2H3. The third-order valence-electron chi connectivity index (χ3n) is 3.55. The summed E-state index contributed by atoms with van der Waals surface area (Å²) in [5, 5.41) is 0. The van der Waals surface area contributed by atoms with Crippen LogP contribution in [-0.2, 0) is 19.1 Å². The van der Waals surface area contributed by atoms with Gasteiger partial charge < -0.3 is 9.47 Å². The van der Waals surface area contributed by atoms with Gasteiger partial charge in [0, 0.05) is 18.6 Å². The number of Topliss-reactive ketones (excluding diaryl/α,β-unsaturated/α-hetero) is 1. The normalized spacial score (nSPS) is 22.8. The molecule has 1 aliphatic carbocycles. The van der Waals surface area contributed by atoms with E-state index in [1.807, 2.05) is 0 Å². The molecule has 0 aliphatic heterocycles. The Balaban J connectivity index is 1.98. The highest BCUT2D eigenvalue weighted by atomic mass is 16.5. The van der Waals surface area contributed by atoms with E-state index in [-0.39, 0.29) is 11.9 Å². The molecule has 0 amide bonds. The molecule has 0 spiro atoms. The van der Waals surface area contributed by atoms with E-state index in [0.717, 1.165) is 38.5 Å². The van der Waals surface area contributed by atoms with Gasteiger partial charge in [0.15, 0.2) is 0 Å². The highest BCUT2D eigenvalue weighted by Gasteiger charge is 2.23. The largest absolute Gasteiger partial charge is 0.463 e. The number of ether oxygens (including phenoxy) is 2. The zero-order chi connectivity index (χ0) is 14.1. The van der Waals surface area contributed by atoms with Crippen molar-refractivity contribution >= 4 is 11.8 Å². The molecule has 0 heterocycles. The van der Waals surface area contributed by atoms with Crippen molar-refractivity contribution in [2.75, 3.05) is 13.2 Å². The average Bonchev–Trinajstić information content (AvgIpc) is 2.42. The molecule has 0 radical (unpaired) electrons. The van der Waals surface area contributed by atoms with Gasteiger partial charge in [0.1, 0.15) is 5.78 Å². The van der Waals surface area contributed by atoms with Crippen molar-refractivity contribution in [3.05, 3.63) is 12.7 Å². The van der Waals surface area contributed by atoms with Crippen LogP contribution in [0.25, 0.3) is 0 Å². The minimum absolute atomic E-state index is 0.248. The first-order chi connectivity index (χ1) is 9.13. The summed E-state index contributed by atoms with van der Waals surface area (Å²) in [5.41, 5.74) is 0. The lowest BCUT2D eigenvalue weighted by atomic mass is 9.85. The summed E-state index contributed by atoms with van der Waals surface area (Å²) in [5.74, 6) is 0.184. The molecule has 0 aromatic rings. The lowest BCUT2D eigenvalue weighted by Crippen LogP contribution is -2.25. The third-order valence-corrected chi connectivity index (χ3v) is 3.55. The number of hydrogen-bond donors (Lipinski definition) is 0. The van der Waals surface area contributed by atoms with Gasteiger partial charge in [-0.3, -0.25) is 4.79 Å². The number of unbranched alkanes of at least 4 members (excludes halogenated alkanes) is 1. The van der Waals surface area contributed by atoms with Crippen LogP contribution >= 0.6 is 0 Å². The molecule has 0 saturated heterocycles. The Morgan fingerprint density at radius 3 is 2.37 bits per heavy atom. The monoisotopic (exact) mass is 268 g/mol. The first kappa shape index (κ1) is 15.9. The summed E-state index contributed by atoms with van der Waals surface area (Å²) in [4.78, 5) is 22.0. The van der Waals surface area contributed by atoms with Gasteiger partial charge in [0.2, 0.25) is 0 Å². The van der Waals surface area contributed by atoms with Crippen molar-refractivity contribution in [1.29, 1.82) is 0 Å². The van der Waals surface area contributed by atoms with Crippen molar-refractivity contribution in [1.82, 2.24) is 0 Å².